The molecule has 3 N–H and O–H groups in total. The van der Waals surface area contributed by atoms with Gasteiger partial charge in [0.25, 0.3) is 5.91 Å². The number of thiazole rings is 1. The van der Waals surface area contributed by atoms with Crippen LogP contribution in [-0.2, 0) is 19.2 Å². The lowest BCUT2D eigenvalue weighted by Crippen LogP contribution is -2.64. The highest BCUT2D eigenvalue weighted by molar-refractivity contribution is 8.01. The molecular weight excluding hydrogens is 653 g/mol. The monoisotopic (exact) mass is 686 g/mol. The zero-order chi connectivity index (χ0) is 33.6. The molecule has 248 valence electrons. The van der Waals surface area contributed by atoms with E-state index in [2.05, 4.69) is 20.9 Å². The SMILES string of the molecule is C[C@H](NC(=O)[C@@H]1CCCN2C(=O)CC[C@H](NC(=O)Nc3ccc(Oc4ccccc4)cc3)C(=O)N12)C(=O)CSc1nc2ccccc2s1. The number of aromatic nitrogens is 1. The van der Waals surface area contributed by atoms with Gasteiger partial charge in [0, 0.05) is 18.7 Å². The number of ketones is 1. The third-order valence-corrected chi connectivity index (χ3v) is 10.2. The molecule has 12 nitrogen and oxygen atoms in total. The lowest BCUT2D eigenvalue weighted by atomic mass is 10.0. The molecule has 0 spiro atoms. The van der Waals surface area contributed by atoms with Gasteiger partial charge in [0.15, 0.2) is 10.1 Å². The molecule has 0 unspecified atom stereocenters. The predicted octanol–water partition coefficient (Wildman–Crippen LogP) is 4.97. The first-order chi connectivity index (χ1) is 23.2. The standard InChI is InChI=1S/C34H34N6O6S2/c1-21(28(41)20-47-34-38-25-10-5-6-12-29(25)48-34)35-31(43)27-11-7-19-39-30(42)18-17-26(32(44)40(27)39)37-33(45)36-22-13-15-24(16-14-22)46-23-8-3-2-4-9-23/h2-6,8-10,12-16,21,26-27H,7,11,17-20H2,1H3,(H,35,43)(H2,36,37,45)/t21-,26-,27-/m0/s1. The Kier molecular flexibility index (Phi) is 10.2. The number of hydrogen-bond acceptors (Lipinski definition) is 9. The molecule has 2 aliphatic heterocycles. The first kappa shape index (κ1) is 33.0. The number of Topliss-reactive ketones (excluding diaryl/α,β-unsaturated/α-hetero) is 1. The van der Waals surface area contributed by atoms with Gasteiger partial charge in [0.1, 0.15) is 23.6 Å². The molecule has 0 bridgehead atoms. The van der Waals surface area contributed by atoms with Gasteiger partial charge in [-0.25, -0.2) is 14.8 Å². The summed E-state index contributed by atoms with van der Waals surface area (Å²) in [5.74, 6) is -0.227. The maximum Gasteiger partial charge on any atom is 0.319 e. The fraction of sp³-hybridized carbons (Fsp3) is 0.294. The molecule has 48 heavy (non-hydrogen) atoms. The lowest BCUT2D eigenvalue weighted by molar-refractivity contribution is -0.176. The molecule has 2 fully saturated rings. The lowest BCUT2D eigenvalue weighted by Gasteiger charge is -2.43. The van der Waals surface area contributed by atoms with Crippen molar-refractivity contribution in [1.29, 1.82) is 0 Å². The van der Waals surface area contributed by atoms with Crippen LogP contribution in [0.2, 0.25) is 0 Å². The van der Waals surface area contributed by atoms with Crippen molar-refractivity contribution in [3.8, 4) is 11.5 Å². The van der Waals surface area contributed by atoms with Crippen LogP contribution in [0.25, 0.3) is 10.2 Å². The second-order valence-electron chi connectivity index (χ2n) is 11.4. The third-order valence-electron chi connectivity index (χ3n) is 8.01. The Labute approximate surface area is 285 Å². The Balaban J connectivity index is 1.05. The number of rotatable bonds is 10. The zero-order valence-corrected chi connectivity index (χ0v) is 27.7. The van der Waals surface area contributed by atoms with E-state index in [0.29, 0.717) is 30.0 Å². The highest BCUT2D eigenvalue weighted by atomic mass is 32.2. The Bertz CT molecular complexity index is 1780. The van der Waals surface area contributed by atoms with Crippen LogP contribution in [-0.4, -0.2) is 75.0 Å². The number of carbonyl (C=O) groups is 5. The van der Waals surface area contributed by atoms with Gasteiger partial charge in [-0.05, 0) is 74.7 Å². The van der Waals surface area contributed by atoms with Gasteiger partial charge >= 0.3 is 6.03 Å². The van der Waals surface area contributed by atoms with E-state index in [4.69, 9.17) is 4.74 Å². The van der Waals surface area contributed by atoms with Crippen molar-refractivity contribution in [2.24, 2.45) is 0 Å². The number of amides is 5. The first-order valence-corrected chi connectivity index (χ1v) is 17.4. The van der Waals surface area contributed by atoms with Crippen LogP contribution in [0.15, 0.2) is 83.2 Å². The number of hydrazine groups is 1. The summed E-state index contributed by atoms with van der Waals surface area (Å²) in [4.78, 5) is 70.9. The molecule has 0 radical (unpaired) electrons. The number of hydrogen-bond donors (Lipinski definition) is 3. The Hall–Kier alpha value is -4.95. The molecule has 3 aromatic carbocycles. The van der Waals surface area contributed by atoms with E-state index in [1.165, 1.54) is 33.1 Å². The molecule has 2 aliphatic rings. The summed E-state index contributed by atoms with van der Waals surface area (Å²) in [6.07, 6.45) is 0.907. The fourth-order valence-electron chi connectivity index (χ4n) is 5.52. The number of urea groups is 1. The molecule has 6 rings (SSSR count). The van der Waals surface area contributed by atoms with Crippen LogP contribution in [0.5, 0.6) is 11.5 Å². The van der Waals surface area contributed by atoms with Crippen molar-refractivity contribution >= 4 is 68.5 Å². The van der Waals surface area contributed by atoms with Crippen LogP contribution < -0.4 is 20.7 Å². The number of nitrogens with zero attached hydrogens (tertiary/aromatic N) is 3. The average molecular weight is 687 g/mol. The molecule has 5 amide bonds. The van der Waals surface area contributed by atoms with E-state index in [0.717, 1.165) is 14.6 Å². The average Bonchev–Trinajstić information content (AvgIpc) is 3.48. The summed E-state index contributed by atoms with van der Waals surface area (Å²) < 4.78 is 7.57. The van der Waals surface area contributed by atoms with Crippen LogP contribution in [0, 0.1) is 0 Å². The minimum atomic E-state index is -1.04. The van der Waals surface area contributed by atoms with Crippen molar-refractivity contribution < 1.29 is 28.7 Å². The van der Waals surface area contributed by atoms with Gasteiger partial charge in [-0.15, -0.1) is 11.3 Å². The van der Waals surface area contributed by atoms with E-state index in [1.807, 2.05) is 54.6 Å². The third kappa shape index (κ3) is 7.77. The topological polar surface area (TPSA) is 150 Å². The van der Waals surface area contributed by atoms with E-state index < -0.39 is 36.0 Å². The van der Waals surface area contributed by atoms with Gasteiger partial charge in [0.2, 0.25) is 11.8 Å². The van der Waals surface area contributed by atoms with Gasteiger partial charge in [-0.3, -0.25) is 24.2 Å². The predicted molar refractivity (Wildman–Crippen MR) is 183 cm³/mol. The van der Waals surface area contributed by atoms with Crippen LogP contribution in [0.3, 0.4) is 0 Å². The molecule has 3 atom stereocenters. The smallest absolute Gasteiger partial charge is 0.319 e. The number of anilines is 1. The summed E-state index contributed by atoms with van der Waals surface area (Å²) in [6.45, 7) is 1.88. The summed E-state index contributed by atoms with van der Waals surface area (Å²) in [6, 6.07) is 20.3. The minimum absolute atomic E-state index is 0.0188. The molecule has 0 aliphatic carbocycles. The number of para-hydroxylation sites is 2. The number of benzene rings is 3. The molecule has 4 aromatic rings. The van der Waals surface area contributed by atoms with Gasteiger partial charge in [0.05, 0.1) is 22.0 Å². The Morgan fingerprint density at radius 1 is 0.979 bits per heavy atom. The summed E-state index contributed by atoms with van der Waals surface area (Å²) in [5.41, 5.74) is 1.34. The maximum atomic E-state index is 13.8. The van der Waals surface area contributed by atoms with E-state index in [9.17, 15) is 24.0 Å². The highest BCUT2D eigenvalue weighted by Crippen LogP contribution is 2.30. The summed E-state index contributed by atoms with van der Waals surface area (Å²) in [7, 11) is 0. The normalized spacial score (nSPS) is 18.4. The van der Waals surface area contributed by atoms with E-state index in [-0.39, 0.29) is 36.8 Å². The van der Waals surface area contributed by atoms with Crippen molar-refractivity contribution in [3.63, 3.8) is 0 Å². The zero-order valence-electron chi connectivity index (χ0n) is 26.1. The summed E-state index contributed by atoms with van der Waals surface area (Å²) >= 11 is 2.81. The number of nitrogens with one attached hydrogen (secondary N) is 3. The number of ether oxygens (including phenoxy) is 1. The Morgan fingerprint density at radius 3 is 2.48 bits per heavy atom. The molecular formula is C34H34N6O6S2. The quantitative estimate of drug-likeness (QED) is 0.198. The van der Waals surface area contributed by atoms with Gasteiger partial charge < -0.3 is 20.7 Å². The largest absolute Gasteiger partial charge is 0.457 e. The number of carbonyl (C=O) groups excluding carboxylic acids is 5. The molecule has 1 aromatic heterocycles. The fourth-order valence-corrected chi connectivity index (χ4v) is 7.58. The second-order valence-corrected chi connectivity index (χ2v) is 13.7. The van der Waals surface area contributed by atoms with Crippen molar-refractivity contribution in [3.05, 3.63) is 78.9 Å². The molecule has 2 saturated heterocycles. The first-order valence-electron chi connectivity index (χ1n) is 15.6. The van der Waals surface area contributed by atoms with E-state index in [1.54, 1.807) is 31.2 Å². The Morgan fingerprint density at radius 2 is 1.71 bits per heavy atom. The van der Waals surface area contributed by atoms with Crippen molar-refractivity contribution in [2.75, 3.05) is 17.6 Å². The number of fused-ring (bicyclic) bond motifs is 2. The van der Waals surface area contributed by atoms with E-state index >= 15 is 0 Å². The van der Waals surface area contributed by atoms with Gasteiger partial charge in [-0.1, -0.05) is 42.1 Å². The molecule has 0 saturated carbocycles. The second kappa shape index (κ2) is 14.9. The minimum Gasteiger partial charge on any atom is -0.457 e. The van der Waals surface area contributed by atoms with Crippen molar-refractivity contribution in [1.82, 2.24) is 25.6 Å². The summed E-state index contributed by atoms with van der Waals surface area (Å²) in [5, 5.41) is 10.6. The maximum absolute atomic E-state index is 13.8. The van der Waals surface area contributed by atoms with Crippen molar-refractivity contribution in [2.45, 2.75) is 55.1 Å². The van der Waals surface area contributed by atoms with Crippen LogP contribution in [0.1, 0.15) is 32.6 Å². The van der Waals surface area contributed by atoms with Gasteiger partial charge in [-0.2, -0.15) is 0 Å². The molecule has 14 heteroatoms. The van der Waals surface area contributed by atoms with Crippen LogP contribution in [0.4, 0.5) is 10.5 Å². The highest BCUT2D eigenvalue weighted by Gasteiger charge is 2.45. The number of thioether (sulfide) groups is 1. The molecule has 3 heterocycles. The van der Waals surface area contributed by atoms with Crippen LogP contribution >= 0.6 is 23.1 Å².